The Morgan fingerprint density at radius 3 is 2.73 bits per heavy atom. The Balaban J connectivity index is 2.82. The summed E-state index contributed by atoms with van der Waals surface area (Å²) >= 11 is 0. The van der Waals surface area contributed by atoms with Crippen LogP contribution >= 0.6 is 0 Å². The maximum Gasteiger partial charge on any atom is 0.148 e. The zero-order chi connectivity index (χ0) is 11.4. The number of nitrogens with zero attached hydrogens (tertiary/aromatic N) is 1. The molecule has 0 aromatic heterocycles. The number of para-hydroxylation sites is 1. The molecular formula is C12H19FN2. The molecule has 0 heterocycles. The van der Waals surface area contributed by atoms with Crippen molar-refractivity contribution in [3.05, 3.63) is 24.0 Å². The summed E-state index contributed by atoms with van der Waals surface area (Å²) in [5.74, 6) is 0.237. The van der Waals surface area contributed by atoms with Gasteiger partial charge in [-0.2, -0.15) is 0 Å². The van der Waals surface area contributed by atoms with Gasteiger partial charge < -0.3 is 10.6 Å². The number of rotatable bonds is 4. The van der Waals surface area contributed by atoms with Crippen LogP contribution in [0.3, 0.4) is 0 Å². The van der Waals surface area contributed by atoms with Crippen molar-refractivity contribution < 1.29 is 4.39 Å². The Morgan fingerprint density at radius 2 is 2.13 bits per heavy atom. The van der Waals surface area contributed by atoms with Gasteiger partial charge in [0.2, 0.25) is 0 Å². The van der Waals surface area contributed by atoms with Gasteiger partial charge in [-0.3, -0.25) is 0 Å². The maximum atomic E-state index is 13.2. The van der Waals surface area contributed by atoms with E-state index in [4.69, 9.17) is 5.73 Å². The topological polar surface area (TPSA) is 29.3 Å². The minimum atomic E-state index is -0.344. The molecule has 0 aliphatic rings. The summed E-state index contributed by atoms with van der Waals surface area (Å²) in [6, 6.07) is 4.92. The predicted octanol–water partition coefficient (Wildman–Crippen LogP) is 2.89. The number of nitrogens with two attached hydrogens (primary N) is 1. The molecule has 1 aromatic rings. The molecule has 84 valence electrons. The molecule has 1 aromatic carbocycles. The number of halogens is 1. The van der Waals surface area contributed by atoms with Crippen molar-refractivity contribution in [2.75, 3.05) is 24.2 Å². The highest BCUT2D eigenvalue weighted by molar-refractivity contribution is 5.67. The first-order valence-electron chi connectivity index (χ1n) is 5.31. The number of benzene rings is 1. The van der Waals surface area contributed by atoms with Gasteiger partial charge >= 0.3 is 0 Å². The van der Waals surface area contributed by atoms with Crippen LogP contribution in [0.1, 0.15) is 20.3 Å². The first-order chi connectivity index (χ1) is 7.06. The van der Waals surface area contributed by atoms with Crippen LogP contribution in [-0.2, 0) is 0 Å². The van der Waals surface area contributed by atoms with E-state index in [1.807, 2.05) is 18.0 Å². The van der Waals surface area contributed by atoms with Crippen molar-refractivity contribution in [2.24, 2.45) is 5.92 Å². The van der Waals surface area contributed by atoms with Gasteiger partial charge in [-0.15, -0.1) is 0 Å². The van der Waals surface area contributed by atoms with Gasteiger partial charge in [0.05, 0.1) is 11.4 Å². The minimum absolute atomic E-state index is 0.239. The zero-order valence-corrected chi connectivity index (χ0v) is 9.63. The number of anilines is 2. The third-order valence-corrected chi connectivity index (χ3v) is 2.72. The lowest BCUT2D eigenvalue weighted by Crippen LogP contribution is -2.24. The van der Waals surface area contributed by atoms with E-state index in [1.54, 1.807) is 6.07 Å². The first kappa shape index (κ1) is 11.8. The van der Waals surface area contributed by atoms with Gasteiger partial charge in [0.15, 0.2) is 0 Å². The summed E-state index contributed by atoms with van der Waals surface area (Å²) in [6.07, 6.45) is 1.11. The fourth-order valence-electron chi connectivity index (χ4n) is 1.55. The molecule has 0 fully saturated rings. The van der Waals surface area contributed by atoms with Crippen molar-refractivity contribution >= 4 is 11.4 Å². The molecule has 15 heavy (non-hydrogen) atoms. The Kier molecular flexibility index (Phi) is 3.95. The van der Waals surface area contributed by atoms with Crippen molar-refractivity contribution in [1.29, 1.82) is 0 Å². The minimum Gasteiger partial charge on any atom is -0.395 e. The second kappa shape index (κ2) is 5.01. The third kappa shape index (κ3) is 2.85. The van der Waals surface area contributed by atoms with Crippen LogP contribution in [0, 0.1) is 11.7 Å². The van der Waals surface area contributed by atoms with Crippen molar-refractivity contribution in [2.45, 2.75) is 20.3 Å². The molecular weight excluding hydrogens is 191 g/mol. The van der Waals surface area contributed by atoms with Crippen LogP contribution in [0.4, 0.5) is 15.8 Å². The predicted molar refractivity (Wildman–Crippen MR) is 63.5 cm³/mol. The standard InChI is InChI=1S/C12H19FN2/c1-4-9(2)8-15(3)11-7-5-6-10(13)12(11)14/h5-7,9H,4,8,14H2,1-3H3. The van der Waals surface area contributed by atoms with E-state index >= 15 is 0 Å². The van der Waals surface area contributed by atoms with Gasteiger partial charge in [-0.25, -0.2) is 4.39 Å². The molecule has 3 heteroatoms. The van der Waals surface area contributed by atoms with Crippen LogP contribution in [0.2, 0.25) is 0 Å². The monoisotopic (exact) mass is 210 g/mol. The molecule has 1 atom stereocenters. The average molecular weight is 210 g/mol. The molecule has 1 unspecified atom stereocenters. The third-order valence-electron chi connectivity index (χ3n) is 2.72. The second-order valence-electron chi connectivity index (χ2n) is 4.07. The summed E-state index contributed by atoms with van der Waals surface area (Å²) in [5.41, 5.74) is 6.70. The fraction of sp³-hybridized carbons (Fsp3) is 0.500. The lowest BCUT2D eigenvalue weighted by molar-refractivity contribution is 0.559. The summed E-state index contributed by atoms with van der Waals surface area (Å²) < 4.78 is 13.2. The Hall–Kier alpha value is -1.25. The van der Waals surface area contributed by atoms with Crippen LogP contribution in [0.5, 0.6) is 0 Å². The number of hydrogen-bond donors (Lipinski definition) is 1. The van der Waals surface area contributed by atoms with E-state index < -0.39 is 0 Å². The summed E-state index contributed by atoms with van der Waals surface area (Å²) in [7, 11) is 1.94. The molecule has 1 rings (SSSR count). The Labute approximate surface area is 90.9 Å². The fourth-order valence-corrected chi connectivity index (χ4v) is 1.55. The van der Waals surface area contributed by atoms with Gasteiger partial charge in [0, 0.05) is 13.6 Å². The molecule has 0 amide bonds. The molecule has 0 spiro atoms. The molecule has 2 N–H and O–H groups in total. The molecule has 0 saturated heterocycles. The van der Waals surface area contributed by atoms with E-state index in [-0.39, 0.29) is 11.5 Å². The highest BCUT2D eigenvalue weighted by Crippen LogP contribution is 2.25. The van der Waals surface area contributed by atoms with Crippen molar-refractivity contribution in [3.8, 4) is 0 Å². The molecule has 0 radical (unpaired) electrons. The van der Waals surface area contributed by atoms with E-state index in [9.17, 15) is 4.39 Å². The average Bonchev–Trinajstić information content (AvgIpc) is 2.21. The van der Waals surface area contributed by atoms with E-state index in [2.05, 4.69) is 13.8 Å². The zero-order valence-electron chi connectivity index (χ0n) is 9.63. The van der Waals surface area contributed by atoms with E-state index in [1.165, 1.54) is 6.07 Å². The van der Waals surface area contributed by atoms with Crippen molar-refractivity contribution in [1.82, 2.24) is 0 Å². The summed E-state index contributed by atoms with van der Waals surface area (Å²) in [6.45, 7) is 5.21. The number of nitrogen functional groups attached to an aromatic ring is 1. The lowest BCUT2D eigenvalue weighted by atomic mass is 10.1. The van der Waals surface area contributed by atoms with Gasteiger partial charge in [-0.05, 0) is 18.1 Å². The SMILES string of the molecule is CCC(C)CN(C)c1cccc(F)c1N. The lowest BCUT2D eigenvalue weighted by Gasteiger charge is -2.24. The Bertz CT molecular complexity index is 325. The quantitative estimate of drug-likeness (QED) is 0.774. The van der Waals surface area contributed by atoms with Gasteiger partial charge in [0.1, 0.15) is 5.82 Å². The normalized spacial score (nSPS) is 12.5. The molecule has 2 nitrogen and oxygen atoms in total. The van der Waals surface area contributed by atoms with Crippen molar-refractivity contribution in [3.63, 3.8) is 0 Å². The summed E-state index contributed by atoms with van der Waals surface area (Å²) in [4.78, 5) is 2.01. The highest BCUT2D eigenvalue weighted by Gasteiger charge is 2.10. The van der Waals surface area contributed by atoms with Gasteiger partial charge in [-0.1, -0.05) is 26.3 Å². The van der Waals surface area contributed by atoms with Crippen LogP contribution in [0.15, 0.2) is 18.2 Å². The van der Waals surface area contributed by atoms with Crippen LogP contribution < -0.4 is 10.6 Å². The summed E-state index contributed by atoms with van der Waals surface area (Å²) in [5, 5.41) is 0. The molecule has 0 aliphatic heterocycles. The molecule has 0 bridgehead atoms. The van der Waals surface area contributed by atoms with Gasteiger partial charge in [0.25, 0.3) is 0 Å². The molecule has 0 aliphatic carbocycles. The second-order valence-corrected chi connectivity index (χ2v) is 4.07. The first-order valence-corrected chi connectivity index (χ1v) is 5.31. The van der Waals surface area contributed by atoms with E-state index in [0.29, 0.717) is 5.92 Å². The van der Waals surface area contributed by atoms with Crippen LogP contribution in [-0.4, -0.2) is 13.6 Å². The van der Waals surface area contributed by atoms with Crippen LogP contribution in [0.25, 0.3) is 0 Å². The Morgan fingerprint density at radius 1 is 1.47 bits per heavy atom. The smallest absolute Gasteiger partial charge is 0.148 e. The van der Waals surface area contributed by atoms with E-state index in [0.717, 1.165) is 18.7 Å². The highest BCUT2D eigenvalue weighted by atomic mass is 19.1. The maximum absolute atomic E-state index is 13.2. The largest absolute Gasteiger partial charge is 0.395 e. The number of hydrogen-bond acceptors (Lipinski definition) is 2. The molecule has 0 saturated carbocycles.